The van der Waals surface area contributed by atoms with Crippen LogP contribution in [0.2, 0.25) is 10.0 Å². The van der Waals surface area contributed by atoms with Crippen LogP contribution in [0.5, 0.6) is 0 Å². The lowest BCUT2D eigenvalue weighted by Gasteiger charge is -2.46. The predicted octanol–water partition coefficient (Wildman–Crippen LogP) is 3.68. The fourth-order valence-electron chi connectivity index (χ4n) is 5.68. The minimum atomic E-state index is -3.17. The number of hydrogen-bond donors (Lipinski definition) is 3. The maximum atomic E-state index is 14.6. The van der Waals surface area contributed by atoms with Crippen LogP contribution in [0.25, 0.3) is 11.3 Å². The molecule has 15 heteroatoms. The van der Waals surface area contributed by atoms with Crippen molar-refractivity contribution in [2.45, 2.75) is 68.3 Å². The van der Waals surface area contributed by atoms with Crippen molar-refractivity contribution in [1.82, 2.24) is 15.0 Å². The topological polar surface area (TPSA) is 130 Å². The normalized spacial score (nSPS) is 29.0. The van der Waals surface area contributed by atoms with Crippen molar-refractivity contribution in [1.29, 1.82) is 0 Å². The number of hydrogen-bond acceptors (Lipinski definition) is 8. The minimum absolute atomic E-state index is 0.163. The number of nitrogens with zero attached hydrogens (tertiary/aromatic N) is 4. The number of aliphatic hydroxyl groups is 3. The first-order valence-electron chi connectivity index (χ1n) is 14.8. The van der Waals surface area contributed by atoms with Crippen LogP contribution >= 0.6 is 23.2 Å². The number of halogens is 5. The second-order valence-electron chi connectivity index (χ2n) is 10.4. The van der Waals surface area contributed by atoms with Gasteiger partial charge in [0, 0.05) is 28.3 Å². The van der Waals surface area contributed by atoms with Crippen molar-refractivity contribution in [2.75, 3.05) is 18.5 Å². The standard InChI is InChI=1S/C28H29Cl2F3N4O6/c1-42-26-24(36-11-19(34-35-36)13-6-17(31)23(33)18(32)7-13)25(40)22(12-38)43-27(26)28(41)37(20-4-2-3-5-21(20)39)16-9-14(29)8-15(30)10-16/h6-11,20-22,24-27,38-40H,2-5,12H2,1H3/t20-,21-,22?,24?,25?,26?,27?/m0/s1/i1D3. The van der Waals surface area contributed by atoms with Crippen molar-refractivity contribution in [3.63, 3.8) is 0 Å². The summed E-state index contributed by atoms with van der Waals surface area (Å²) in [6, 6.07) is 3.20. The molecule has 7 atom stereocenters. The van der Waals surface area contributed by atoms with E-state index in [9.17, 15) is 33.3 Å². The molecule has 2 fully saturated rings. The highest BCUT2D eigenvalue weighted by atomic mass is 35.5. The number of carbonyl (C=O) groups excluding carboxylic acids is 1. The number of benzene rings is 2. The lowest BCUT2D eigenvalue weighted by atomic mass is 9.88. The number of anilines is 1. The lowest BCUT2D eigenvalue weighted by molar-refractivity contribution is -0.211. The molecule has 1 aliphatic carbocycles. The summed E-state index contributed by atoms with van der Waals surface area (Å²) >= 11 is 12.5. The van der Waals surface area contributed by atoms with Crippen LogP contribution in [0.1, 0.15) is 35.8 Å². The number of aliphatic hydroxyl groups excluding tert-OH is 3. The van der Waals surface area contributed by atoms with Crippen LogP contribution in [0.15, 0.2) is 36.5 Å². The SMILES string of the molecule is [2H]C([2H])([2H])OC1C(C(=O)N(c2cc(Cl)cc(Cl)c2)[C@H]2CCCC[C@@H]2O)OC(CO)C(O)C1n1cc(-c2cc(F)c(F)c(F)c2)nn1. The zero-order valence-corrected chi connectivity index (χ0v) is 23.8. The summed E-state index contributed by atoms with van der Waals surface area (Å²) in [4.78, 5) is 15.8. The number of amides is 1. The second kappa shape index (κ2) is 13.1. The molecule has 3 aromatic rings. The maximum Gasteiger partial charge on any atom is 0.259 e. The molecule has 3 N–H and O–H groups in total. The van der Waals surface area contributed by atoms with Gasteiger partial charge in [0.15, 0.2) is 23.6 Å². The van der Waals surface area contributed by atoms with Gasteiger partial charge in [0.25, 0.3) is 5.91 Å². The van der Waals surface area contributed by atoms with Crippen LogP contribution in [-0.2, 0) is 14.3 Å². The maximum absolute atomic E-state index is 14.6. The quantitative estimate of drug-likeness (QED) is 0.331. The summed E-state index contributed by atoms with van der Waals surface area (Å²) < 4.78 is 77.1. The second-order valence-corrected chi connectivity index (χ2v) is 11.3. The summed E-state index contributed by atoms with van der Waals surface area (Å²) in [6.45, 7) is -0.840. The molecule has 0 bridgehead atoms. The molecular formula is C28H29Cl2F3N4O6. The van der Waals surface area contributed by atoms with Crippen LogP contribution in [0, 0.1) is 17.5 Å². The molecule has 5 rings (SSSR count). The molecule has 5 unspecified atom stereocenters. The molecule has 0 radical (unpaired) electrons. The molecule has 232 valence electrons. The fraction of sp³-hybridized carbons (Fsp3) is 0.464. The molecule has 1 amide bonds. The first-order chi connectivity index (χ1) is 21.7. The molecular weight excluding hydrogens is 616 g/mol. The van der Waals surface area contributed by atoms with Gasteiger partial charge in [-0.3, -0.25) is 4.79 Å². The van der Waals surface area contributed by atoms with E-state index in [-0.39, 0.29) is 27.0 Å². The largest absolute Gasteiger partial charge is 0.394 e. The summed E-state index contributed by atoms with van der Waals surface area (Å²) in [5, 5.41) is 40.4. The Hall–Kier alpha value is -2.78. The fourth-order valence-corrected chi connectivity index (χ4v) is 6.19. The van der Waals surface area contributed by atoms with Gasteiger partial charge >= 0.3 is 0 Å². The zero-order valence-electron chi connectivity index (χ0n) is 25.3. The summed E-state index contributed by atoms with van der Waals surface area (Å²) in [5.41, 5.74) is -0.275. The predicted molar refractivity (Wildman–Crippen MR) is 149 cm³/mol. The highest BCUT2D eigenvalue weighted by Crippen LogP contribution is 2.37. The van der Waals surface area contributed by atoms with E-state index in [2.05, 4.69) is 10.3 Å². The van der Waals surface area contributed by atoms with E-state index >= 15 is 0 Å². The molecule has 2 heterocycles. The van der Waals surface area contributed by atoms with E-state index in [0.717, 1.165) is 10.9 Å². The number of carbonyl (C=O) groups is 1. The molecule has 10 nitrogen and oxygen atoms in total. The van der Waals surface area contributed by atoms with Gasteiger partial charge in [-0.15, -0.1) is 5.10 Å². The third kappa shape index (κ3) is 6.25. The van der Waals surface area contributed by atoms with Crippen molar-refractivity contribution in [3.05, 3.63) is 64.0 Å². The van der Waals surface area contributed by atoms with E-state index < -0.39 is 79.6 Å². The smallest absolute Gasteiger partial charge is 0.259 e. The van der Waals surface area contributed by atoms with E-state index in [4.69, 9.17) is 36.8 Å². The molecule has 1 aromatic heterocycles. The molecule has 43 heavy (non-hydrogen) atoms. The van der Waals surface area contributed by atoms with Gasteiger partial charge < -0.3 is 29.7 Å². The Kier molecular flexibility index (Phi) is 8.43. The highest BCUT2D eigenvalue weighted by Gasteiger charge is 2.52. The minimum Gasteiger partial charge on any atom is -0.394 e. The highest BCUT2D eigenvalue weighted by molar-refractivity contribution is 6.35. The molecule has 1 saturated heterocycles. The van der Waals surface area contributed by atoms with E-state index in [1.54, 1.807) is 0 Å². The summed E-state index contributed by atoms with van der Waals surface area (Å²) in [7, 11) is -3.17. The Morgan fingerprint density at radius 2 is 1.81 bits per heavy atom. The number of aromatic nitrogens is 3. The Morgan fingerprint density at radius 3 is 2.44 bits per heavy atom. The van der Waals surface area contributed by atoms with Gasteiger partial charge in [-0.1, -0.05) is 41.3 Å². The third-order valence-corrected chi connectivity index (χ3v) is 8.17. The van der Waals surface area contributed by atoms with Gasteiger partial charge in [-0.25, -0.2) is 17.9 Å². The molecule has 0 spiro atoms. The molecule has 1 aliphatic heterocycles. The Morgan fingerprint density at radius 1 is 1.14 bits per heavy atom. The van der Waals surface area contributed by atoms with Gasteiger partial charge in [-0.05, 0) is 43.2 Å². The van der Waals surface area contributed by atoms with Crippen molar-refractivity contribution < 1.29 is 46.9 Å². The van der Waals surface area contributed by atoms with Crippen LogP contribution < -0.4 is 4.90 Å². The number of rotatable bonds is 7. The third-order valence-electron chi connectivity index (χ3n) is 7.73. The van der Waals surface area contributed by atoms with E-state index in [1.165, 1.54) is 23.1 Å². The monoisotopic (exact) mass is 647 g/mol. The van der Waals surface area contributed by atoms with Crippen LogP contribution in [0.4, 0.5) is 18.9 Å². The van der Waals surface area contributed by atoms with Crippen molar-refractivity contribution >= 4 is 34.8 Å². The van der Waals surface area contributed by atoms with E-state index in [0.29, 0.717) is 37.8 Å². The Bertz CT molecular complexity index is 1540. The summed E-state index contributed by atoms with van der Waals surface area (Å²) in [6.07, 6.45) is -4.81. The zero-order chi connectivity index (χ0) is 33.5. The molecule has 2 aliphatic rings. The average Bonchev–Trinajstić information content (AvgIpc) is 3.45. The van der Waals surface area contributed by atoms with Gasteiger partial charge in [0.2, 0.25) is 0 Å². The summed E-state index contributed by atoms with van der Waals surface area (Å²) in [5.74, 6) is -5.62. The van der Waals surface area contributed by atoms with Crippen molar-refractivity contribution in [3.8, 4) is 11.3 Å². The average molecular weight is 648 g/mol. The van der Waals surface area contributed by atoms with Crippen molar-refractivity contribution in [2.24, 2.45) is 0 Å². The number of methoxy groups -OCH3 is 1. The lowest BCUT2D eigenvalue weighted by Crippen LogP contribution is -2.63. The van der Waals surface area contributed by atoms with Crippen LogP contribution in [0.3, 0.4) is 0 Å². The Labute approximate surface area is 258 Å². The number of ether oxygens (including phenoxy) is 2. The van der Waals surface area contributed by atoms with Gasteiger partial charge in [0.1, 0.15) is 30.0 Å². The van der Waals surface area contributed by atoms with Crippen LogP contribution in [-0.4, -0.2) is 86.4 Å². The first-order valence-corrected chi connectivity index (χ1v) is 14.1. The molecule has 2 aromatic carbocycles. The van der Waals surface area contributed by atoms with E-state index in [1.807, 2.05) is 0 Å². The Balaban J connectivity index is 1.61. The first kappa shape index (κ1) is 27.7. The molecule has 1 saturated carbocycles. The van der Waals surface area contributed by atoms with Gasteiger partial charge in [0.05, 0.1) is 29.1 Å². The van der Waals surface area contributed by atoms with Gasteiger partial charge in [-0.2, -0.15) is 0 Å².